The second kappa shape index (κ2) is 7.28. The number of nitro benzene ring substituents is 1. The summed E-state index contributed by atoms with van der Waals surface area (Å²) in [4.78, 5) is 13.0. The van der Waals surface area contributed by atoms with Gasteiger partial charge in [-0.15, -0.1) is 6.58 Å². The van der Waals surface area contributed by atoms with Crippen LogP contribution in [0, 0.1) is 15.9 Å². The van der Waals surface area contributed by atoms with Crippen molar-refractivity contribution < 1.29 is 9.31 Å². The van der Waals surface area contributed by atoms with Gasteiger partial charge in [-0.1, -0.05) is 6.08 Å². The lowest BCUT2D eigenvalue weighted by molar-refractivity contribution is -0.386. The number of nitro groups is 1. The highest BCUT2D eigenvalue weighted by Crippen LogP contribution is 2.33. The highest BCUT2D eigenvalue weighted by Gasteiger charge is 2.28. The molecule has 0 radical (unpaired) electrons. The Morgan fingerprint density at radius 2 is 2.19 bits per heavy atom. The van der Waals surface area contributed by atoms with Gasteiger partial charge in [-0.2, -0.15) is 0 Å². The van der Waals surface area contributed by atoms with Crippen LogP contribution in [0.4, 0.5) is 10.1 Å². The molecule has 1 aromatic carbocycles. The molecular formula is C15H20FN3O2. The fourth-order valence-corrected chi connectivity index (χ4v) is 2.76. The van der Waals surface area contributed by atoms with E-state index in [1.165, 1.54) is 12.1 Å². The summed E-state index contributed by atoms with van der Waals surface area (Å²) >= 11 is 0. The first-order valence-corrected chi connectivity index (χ1v) is 7.13. The third-order valence-corrected chi connectivity index (χ3v) is 3.78. The Bertz CT molecular complexity index is 516. The zero-order valence-electron chi connectivity index (χ0n) is 11.9. The Morgan fingerprint density at radius 1 is 1.48 bits per heavy atom. The standard InChI is InChI=1S/C15H20FN3O2/c1-2-3-4-14(18-9-7-17-8-10-18)13-11-12(16)5-6-15(13)19(20)21/h2,5-6,11,14,17H,1,3-4,7-10H2/t14-/m1/s1. The van der Waals surface area contributed by atoms with Gasteiger partial charge in [-0.25, -0.2) is 4.39 Å². The molecule has 1 aliphatic heterocycles. The number of piperazine rings is 1. The molecule has 0 aromatic heterocycles. The van der Waals surface area contributed by atoms with Crippen molar-refractivity contribution in [2.75, 3.05) is 26.2 Å². The lowest BCUT2D eigenvalue weighted by Crippen LogP contribution is -2.45. The zero-order chi connectivity index (χ0) is 15.2. The quantitative estimate of drug-likeness (QED) is 0.497. The van der Waals surface area contributed by atoms with Gasteiger partial charge in [0.2, 0.25) is 0 Å². The molecule has 0 saturated carbocycles. The van der Waals surface area contributed by atoms with Crippen LogP contribution in [0.5, 0.6) is 0 Å². The van der Waals surface area contributed by atoms with E-state index in [4.69, 9.17) is 0 Å². The van der Waals surface area contributed by atoms with Crippen LogP contribution in [-0.4, -0.2) is 36.0 Å². The Balaban J connectivity index is 2.36. The normalized spacial score (nSPS) is 17.4. The average molecular weight is 293 g/mol. The molecule has 1 heterocycles. The summed E-state index contributed by atoms with van der Waals surface area (Å²) in [5.74, 6) is -0.436. The van der Waals surface area contributed by atoms with Crippen LogP contribution < -0.4 is 5.32 Å². The molecule has 1 aromatic rings. The number of allylic oxidation sites excluding steroid dienone is 1. The van der Waals surface area contributed by atoms with E-state index >= 15 is 0 Å². The van der Waals surface area contributed by atoms with E-state index in [2.05, 4.69) is 16.8 Å². The minimum absolute atomic E-state index is 0.0102. The first kappa shape index (κ1) is 15.6. The monoisotopic (exact) mass is 293 g/mol. The van der Waals surface area contributed by atoms with E-state index in [9.17, 15) is 14.5 Å². The van der Waals surface area contributed by atoms with Crippen molar-refractivity contribution in [1.29, 1.82) is 0 Å². The molecule has 21 heavy (non-hydrogen) atoms. The van der Waals surface area contributed by atoms with E-state index in [1.807, 2.05) is 0 Å². The number of halogens is 1. The summed E-state index contributed by atoms with van der Waals surface area (Å²) in [6.45, 7) is 6.99. The highest BCUT2D eigenvalue weighted by molar-refractivity contribution is 5.42. The van der Waals surface area contributed by atoms with Crippen LogP contribution in [0.1, 0.15) is 24.4 Å². The Hall–Kier alpha value is -1.79. The maximum absolute atomic E-state index is 13.6. The van der Waals surface area contributed by atoms with Gasteiger partial charge in [0.05, 0.1) is 4.92 Å². The average Bonchev–Trinajstić information content (AvgIpc) is 2.48. The van der Waals surface area contributed by atoms with Crippen LogP contribution in [0.2, 0.25) is 0 Å². The second-order valence-electron chi connectivity index (χ2n) is 5.13. The van der Waals surface area contributed by atoms with E-state index in [1.54, 1.807) is 6.08 Å². The van der Waals surface area contributed by atoms with Gasteiger partial charge in [0, 0.05) is 43.9 Å². The van der Waals surface area contributed by atoms with Crippen molar-refractivity contribution in [3.8, 4) is 0 Å². The number of hydrogen-bond acceptors (Lipinski definition) is 4. The predicted octanol–water partition coefficient (Wildman–Crippen LogP) is 2.65. The minimum atomic E-state index is -0.436. The third kappa shape index (κ3) is 3.86. The summed E-state index contributed by atoms with van der Waals surface area (Å²) in [6.07, 6.45) is 3.23. The van der Waals surface area contributed by atoms with Gasteiger partial charge in [0.1, 0.15) is 5.82 Å². The van der Waals surface area contributed by atoms with Crippen molar-refractivity contribution in [3.63, 3.8) is 0 Å². The summed E-state index contributed by atoms with van der Waals surface area (Å²) < 4.78 is 13.6. The van der Waals surface area contributed by atoms with E-state index in [-0.39, 0.29) is 11.7 Å². The number of hydrogen-bond donors (Lipinski definition) is 1. The first-order chi connectivity index (χ1) is 10.1. The first-order valence-electron chi connectivity index (χ1n) is 7.13. The summed E-state index contributed by atoms with van der Waals surface area (Å²) in [7, 11) is 0. The SMILES string of the molecule is C=CCC[C@H](c1cc(F)ccc1[N+](=O)[O-])N1CCNCC1. The number of benzene rings is 1. The van der Waals surface area contributed by atoms with Crippen molar-refractivity contribution in [1.82, 2.24) is 10.2 Å². The predicted molar refractivity (Wildman–Crippen MR) is 79.7 cm³/mol. The lowest BCUT2D eigenvalue weighted by Gasteiger charge is -2.35. The van der Waals surface area contributed by atoms with Crippen molar-refractivity contribution >= 4 is 5.69 Å². The molecule has 114 valence electrons. The Labute approximate surface area is 123 Å². The van der Waals surface area contributed by atoms with E-state index in [0.717, 1.165) is 38.7 Å². The molecule has 6 heteroatoms. The van der Waals surface area contributed by atoms with Crippen molar-refractivity contribution in [2.24, 2.45) is 0 Å². The molecule has 0 aliphatic carbocycles. The van der Waals surface area contributed by atoms with Crippen LogP contribution >= 0.6 is 0 Å². The fourth-order valence-electron chi connectivity index (χ4n) is 2.76. The zero-order valence-corrected chi connectivity index (χ0v) is 11.9. The van der Waals surface area contributed by atoms with E-state index < -0.39 is 10.7 Å². The molecule has 1 fully saturated rings. The van der Waals surface area contributed by atoms with Crippen LogP contribution in [0.15, 0.2) is 30.9 Å². The molecule has 0 amide bonds. The Kier molecular flexibility index (Phi) is 5.41. The topological polar surface area (TPSA) is 58.4 Å². The molecule has 0 bridgehead atoms. The summed E-state index contributed by atoms with van der Waals surface area (Å²) in [6, 6.07) is 3.55. The van der Waals surface area contributed by atoms with Gasteiger partial charge in [-0.3, -0.25) is 15.0 Å². The largest absolute Gasteiger partial charge is 0.314 e. The molecule has 5 nitrogen and oxygen atoms in total. The van der Waals surface area contributed by atoms with Crippen molar-refractivity contribution in [3.05, 3.63) is 52.3 Å². The van der Waals surface area contributed by atoms with Gasteiger partial charge in [-0.05, 0) is 25.0 Å². The van der Waals surface area contributed by atoms with E-state index in [0.29, 0.717) is 12.0 Å². The molecule has 0 unspecified atom stereocenters. The molecule has 0 spiro atoms. The molecule has 1 atom stereocenters. The molecule has 1 aliphatic rings. The number of rotatable bonds is 6. The van der Waals surface area contributed by atoms with Crippen molar-refractivity contribution in [2.45, 2.75) is 18.9 Å². The highest BCUT2D eigenvalue weighted by atomic mass is 19.1. The van der Waals surface area contributed by atoms with Crippen LogP contribution in [-0.2, 0) is 0 Å². The fraction of sp³-hybridized carbons (Fsp3) is 0.467. The van der Waals surface area contributed by atoms with Crippen LogP contribution in [0.3, 0.4) is 0 Å². The van der Waals surface area contributed by atoms with Gasteiger partial charge >= 0.3 is 0 Å². The maximum atomic E-state index is 13.6. The molecule has 2 rings (SSSR count). The minimum Gasteiger partial charge on any atom is -0.314 e. The second-order valence-corrected chi connectivity index (χ2v) is 5.13. The molecule has 1 saturated heterocycles. The smallest absolute Gasteiger partial charge is 0.274 e. The molecular weight excluding hydrogens is 273 g/mol. The van der Waals surface area contributed by atoms with Gasteiger partial charge < -0.3 is 5.32 Å². The number of nitrogens with one attached hydrogen (secondary N) is 1. The van der Waals surface area contributed by atoms with Gasteiger partial charge in [0.25, 0.3) is 5.69 Å². The molecule has 1 N–H and O–H groups in total. The van der Waals surface area contributed by atoms with Crippen LogP contribution in [0.25, 0.3) is 0 Å². The third-order valence-electron chi connectivity index (χ3n) is 3.78. The summed E-state index contributed by atoms with van der Waals surface area (Å²) in [5, 5.41) is 14.5. The Morgan fingerprint density at radius 3 is 2.81 bits per heavy atom. The lowest BCUT2D eigenvalue weighted by atomic mass is 9.97. The number of nitrogens with zero attached hydrogens (tertiary/aromatic N) is 2. The summed E-state index contributed by atoms with van der Waals surface area (Å²) in [5.41, 5.74) is 0.452. The van der Waals surface area contributed by atoms with Gasteiger partial charge in [0.15, 0.2) is 0 Å². The maximum Gasteiger partial charge on any atom is 0.274 e.